The van der Waals surface area contributed by atoms with Crippen LogP contribution in [0.3, 0.4) is 0 Å². The molecule has 0 bridgehead atoms. The molecule has 13 heavy (non-hydrogen) atoms. The minimum atomic E-state index is 0.551. The molecule has 2 aromatic rings. The molecule has 0 spiro atoms. The standard InChI is InChI=1S/C9H8BrClN2/c1-2-13-8-4-3-6(10)5-7(8)12-9(13)11/h3-5H,2H2,1H3. The molecule has 0 aliphatic carbocycles. The maximum Gasteiger partial charge on any atom is 0.203 e. The fourth-order valence-electron chi connectivity index (χ4n) is 1.37. The molecule has 2 nitrogen and oxygen atoms in total. The molecular formula is C9H8BrClN2. The summed E-state index contributed by atoms with van der Waals surface area (Å²) in [5.74, 6) is 0. The first-order chi connectivity index (χ1) is 6.22. The van der Waals surface area contributed by atoms with E-state index in [0.29, 0.717) is 5.28 Å². The van der Waals surface area contributed by atoms with Crippen LogP contribution in [-0.4, -0.2) is 9.55 Å². The minimum absolute atomic E-state index is 0.551. The Morgan fingerprint density at radius 2 is 2.31 bits per heavy atom. The maximum absolute atomic E-state index is 5.96. The Kier molecular flexibility index (Phi) is 2.30. The highest BCUT2D eigenvalue weighted by Crippen LogP contribution is 2.22. The summed E-state index contributed by atoms with van der Waals surface area (Å²) in [4.78, 5) is 4.24. The van der Waals surface area contributed by atoms with E-state index in [1.54, 1.807) is 0 Å². The number of rotatable bonds is 1. The normalized spacial score (nSPS) is 11.0. The zero-order valence-electron chi connectivity index (χ0n) is 7.09. The van der Waals surface area contributed by atoms with Gasteiger partial charge in [0.2, 0.25) is 5.28 Å². The van der Waals surface area contributed by atoms with Crippen LogP contribution in [0.25, 0.3) is 11.0 Å². The number of aromatic nitrogens is 2. The van der Waals surface area contributed by atoms with Crippen molar-refractivity contribution >= 4 is 38.6 Å². The summed E-state index contributed by atoms with van der Waals surface area (Å²) < 4.78 is 3.00. The molecule has 0 aliphatic heterocycles. The summed E-state index contributed by atoms with van der Waals surface area (Å²) in [5, 5.41) is 0.551. The van der Waals surface area contributed by atoms with Gasteiger partial charge in [-0.05, 0) is 36.7 Å². The zero-order chi connectivity index (χ0) is 9.42. The molecule has 0 unspecified atom stereocenters. The first-order valence-corrected chi connectivity index (χ1v) is 5.20. The average Bonchev–Trinajstić information content (AvgIpc) is 2.39. The topological polar surface area (TPSA) is 17.8 Å². The number of imidazole rings is 1. The van der Waals surface area contributed by atoms with Crippen LogP contribution in [0.15, 0.2) is 22.7 Å². The second kappa shape index (κ2) is 3.31. The average molecular weight is 260 g/mol. The summed E-state index contributed by atoms with van der Waals surface area (Å²) in [5.41, 5.74) is 2.01. The van der Waals surface area contributed by atoms with Crippen molar-refractivity contribution in [1.29, 1.82) is 0 Å². The molecule has 0 N–H and O–H groups in total. The Bertz CT molecular complexity index is 450. The molecule has 4 heteroatoms. The van der Waals surface area contributed by atoms with Crippen molar-refractivity contribution in [3.63, 3.8) is 0 Å². The Morgan fingerprint density at radius 1 is 1.54 bits per heavy atom. The van der Waals surface area contributed by atoms with Gasteiger partial charge in [-0.3, -0.25) is 0 Å². The SMILES string of the molecule is CCn1c(Cl)nc2cc(Br)ccc21. The molecule has 0 fully saturated rings. The van der Waals surface area contributed by atoms with Crippen LogP contribution >= 0.6 is 27.5 Å². The smallest absolute Gasteiger partial charge is 0.203 e. The van der Waals surface area contributed by atoms with Crippen LogP contribution in [0, 0.1) is 0 Å². The lowest BCUT2D eigenvalue weighted by atomic mass is 10.3. The molecule has 1 aromatic carbocycles. The fraction of sp³-hybridized carbons (Fsp3) is 0.222. The van der Waals surface area contributed by atoms with Crippen LogP contribution in [0.1, 0.15) is 6.92 Å². The number of hydrogen-bond acceptors (Lipinski definition) is 1. The third-order valence-electron chi connectivity index (χ3n) is 1.98. The highest BCUT2D eigenvalue weighted by Gasteiger charge is 2.06. The molecule has 1 aromatic heterocycles. The molecule has 0 atom stereocenters. The molecule has 2 rings (SSSR count). The lowest BCUT2D eigenvalue weighted by molar-refractivity contribution is 0.788. The highest BCUT2D eigenvalue weighted by atomic mass is 79.9. The quantitative estimate of drug-likeness (QED) is 0.767. The lowest BCUT2D eigenvalue weighted by Crippen LogP contribution is -1.92. The van der Waals surface area contributed by atoms with E-state index < -0.39 is 0 Å². The van der Waals surface area contributed by atoms with Gasteiger partial charge in [-0.25, -0.2) is 4.98 Å². The summed E-state index contributed by atoms with van der Waals surface area (Å²) in [7, 11) is 0. The third-order valence-corrected chi connectivity index (χ3v) is 2.76. The summed E-state index contributed by atoms with van der Waals surface area (Å²) in [6.07, 6.45) is 0. The van der Waals surface area contributed by atoms with Crippen LogP contribution in [0.4, 0.5) is 0 Å². The molecule has 0 saturated carbocycles. The second-order valence-corrected chi connectivity index (χ2v) is 4.01. The molecule has 0 radical (unpaired) electrons. The number of fused-ring (bicyclic) bond motifs is 1. The molecule has 68 valence electrons. The first kappa shape index (κ1) is 9.03. The zero-order valence-corrected chi connectivity index (χ0v) is 9.43. The van der Waals surface area contributed by atoms with E-state index in [1.807, 2.05) is 22.8 Å². The van der Waals surface area contributed by atoms with Crippen molar-refractivity contribution in [1.82, 2.24) is 9.55 Å². The van der Waals surface area contributed by atoms with Crippen molar-refractivity contribution in [3.05, 3.63) is 28.0 Å². The maximum atomic E-state index is 5.96. The Hall–Kier alpha value is -0.540. The minimum Gasteiger partial charge on any atom is -0.315 e. The molecule has 0 saturated heterocycles. The number of hydrogen-bond donors (Lipinski definition) is 0. The molecular weight excluding hydrogens is 251 g/mol. The summed E-state index contributed by atoms with van der Waals surface area (Å²) in [6.45, 7) is 2.89. The van der Waals surface area contributed by atoms with Gasteiger partial charge in [0.1, 0.15) is 0 Å². The van der Waals surface area contributed by atoms with Gasteiger partial charge in [0.15, 0.2) is 0 Å². The Morgan fingerprint density at radius 3 is 3.00 bits per heavy atom. The van der Waals surface area contributed by atoms with Crippen LogP contribution in [0.5, 0.6) is 0 Å². The third kappa shape index (κ3) is 1.46. The molecule has 0 amide bonds. The van der Waals surface area contributed by atoms with Gasteiger partial charge in [0.25, 0.3) is 0 Å². The summed E-state index contributed by atoms with van der Waals surface area (Å²) in [6, 6.07) is 5.97. The fourth-order valence-corrected chi connectivity index (χ4v) is 2.02. The van der Waals surface area contributed by atoms with E-state index in [9.17, 15) is 0 Å². The van der Waals surface area contributed by atoms with Crippen LogP contribution < -0.4 is 0 Å². The van der Waals surface area contributed by atoms with Crippen molar-refractivity contribution in [2.24, 2.45) is 0 Å². The number of nitrogens with zero attached hydrogens (tertiary/aromatic N) is 2. The Labute approximate surface area is 89.7 Å². The lowest BCUT2D eigenvalue weighted by Gasteiger charge is -1.99. The van der Waals surface area contributed by atoms with E-state index in [2.05, 4.69) is 27.8 Å². The van der Waals surface area contributed by atoms with Crippen molar-refractivity contribution in [2.45, 2.75) is 13.5 Å². The van der Waals surface area contributed by atoms with Crippen molar-refractivity contribution in [3.8, 4) is 0 Å². The largest absolute Gasteiger partial charge is 0.315 e. The van der Waals surface area contributed by atoms with Crippen LogP contribution in [0.2, 0.25) is 5.28 Å². The van der Waals surface area contributed by atoms with Gasteiger partial charge in [-0.15, -0.1) is 0 Å². The second-order valence-electron chi connectivity index (χ2n) is 2.76. The Balaban J connectivity index is 2.79. The highest BCUT2D eigenvalue weighted by molar-refractivity contribution is 9.10. The van der Waals surface area contributed by atoms with Gasteiger partial charge in [0.05, 0.1) is 11.0 Å². The van der Waals surface area contributed by atoms with E-state index in [1.165, 1.54) is 0 Å². The summed E-state index contributed by atoms with van der Waals surface area (Å²) >= 11 is 9.35. The van der Waals surface area contributed by atoms with Crippen molar-refractivity contribution in [2.75, 3.05) is 0 Å². The van der Waals surface area contributed by atoms with E-state index in [0.717, 1.165) is 22.1 Å². The predicted octanol–water partition coefficient (Wildman–Crippen LogP) is 3.47. The predicted molar refractivity (Wildman–Crippen MR) is 58.1 cm³/mol. The van der Waals surface area contributed by atoms with Crippen LogP contribution in [-0.2, 0) is 6.54 Å². The number of halogens is 2. The van der Waals surface area contributed by atoms with Crippen molar-refractivity contribution < 1.29 is 0 Å². The van der Waals surface area contributed by atoms with Gasteiger partial charge < -0.3 is 4.57 Å². The van der Waals surface area contributed by atoms with Gasteiger partial charge in [-0.1, -0.05) is 15.9 Å². The van der Waals surface area contributed by atoms with Gasteiger partial charge in [0, 0.05) is 11.0 Å². The first-order valence-electron chi connectivity index (χ1n) is 4.03. The van der Waals surface area contributed by atoms with Gasteiger partial charge in [-0.2, -0.15) is 0 Å². The molecule has 1 heterocycles. The number of aryl methyl sites for hydroxylation is 1. The van der Waals surface area contributed by atoms with E-state index in [4.69, 9.17) is 11.6 Å². The van der Waals surface area contributed by atoms with E-state index in [-0.39, 0.29) is 0 Å². The molecule has 0 aliphatic rings. The van der Waals surface area contributed by atoms with E-state index >= 15 is 0 Å². The number of benzene rings is 1. The van der Waals surface area contributed by atoms with Gasteiger partial charge >= 0.3 is 0 Å². The monoisotopic (exact) mass is 258 g/mol.